The molecule has 2 unspecified atom stereocenters. The molecule has 0 amide bonds. The Morgan fingerprint density at radius 2 is 2.33 bits per heavy atom. The highest BCUT2D eigenvalue weighted by Gasteiger charge is 2.24. The molecule has 0 saturated carbocycles. The summed E-state index contributed by atoms with van der Waals surface area (Å²) in [5.41, 5.74) is 0. The van der Waals surface area contributed by atoms with Crippen LogP contribution in [-0.4, -0.2) is 34.5 Å². The van der Waals surface area contributed by atoms with E-state index in [0.717, 1.165) is 31.7 Å². The minimum atomic E-state index is 0.617. The van der Waals surface area contributed by atoms with Gasteiger partial charge in [0.05, 0.1) is 6.61 Å². The van der Waals surface area contributed by atoms with Crippen molar-refractivity contribution in [2.75, 3.05) is 24.6 Å². The highest BCUT2D eigenvalue weighted by Crippen LogP contribution is 2.27. The van der Waals surface area contributed by atoms with Crippen LogP contribution in [0.4, 0.5) is 5.82 Å². The van der Waals surface area contributed by atoms with Crippen molar-refractivity contribution in [2.24, 2.45) is 5.92 Å². The van der Waals surface area contributed by atoms with E-state index in [1.807, 2.05) is 6.07 Å². The summed E-state index contributed by atoms with van der Waals surface area (Å²) in [6, 6.07) is 1.94. The van der Waals surface area contributed by atoms with Gasteiger partial charge in [-0.25, -0.2) is 9.97 Å². The molecule has 0 aliphatic carbocycles. The normalized spacial score (nSPS) is 24.1. The molecule has 2 rings (SSSR count). The number of hydrogen-bond acceptors (Lipinski definition) is 4. The Hall–Kier alpha value is -0.840. The number of halogens is 1. The zero-order chi connectivity index (χ0) is 13.0. The van der Waals surface area contributed by atoms with Crippen LogP contribution in [-0.2, 0) is 0 Å². The van der Waals surface area contributed by atoms with Crippen LogP contribution >= 0.6 is 15.9 Å². The van der Waals surface area contributed by atoms with Gasteiger partial charge >= 0.3 is 0 Å². The molecule has 2 heterocycles. The summed E-state index contributed by atoms with van der Waals surface area (Å²) in [5.74, 6) is 2.28. The molecule has 1 aliphatic rings. The van der Waals surface area contributed by atoms with Crippen molar-refractivity contribution in [3.63, 3.8) is 0 Å². The molecule has 1 aromatic rings. The summed E-state index contributed by atoms with van der Waals surface area (Å²) in [7, 11) is 0. The summed E-state index contributed by atoms with van der Waals surface area (Å²) in [6.07, 6.45) is 3.73. The minimum Gasteiger partial charge on any atom is -0.478 e. The first-order valence-electron chi connectivity index (χ1n) is 6.54. The van der Waals surface area contributed by atoms with Crippen LogP contribution in [0, 0.1) is 5.92 Å². The van der Waals surface area contributed by atoms with Crippen molar-refractivity contribution in [3.8, 4) is 5.88 Å². The zero-order valence-corrected chi connectivity index (χ0v) is 12.6. The minimum absolute atomic E-state index is 0.617. The Balaban J connectivity index is 2.04. The van der Waals surface area contributed by atoms with Crippen LogP contribution in [0.1, 0.15) is 26.7 Å². The van der Waals surface area contributed by atoms with E-state index in [9.17, 15) is 0 Å². The third kappa shape index (κ3) is 3.34. The second kappa shape index (κ2) is 6.36. The molecule has 1 saturated heterocycles. The summed E-state index contributed by atoms with van der Waals surface area (Å²) in [4.78, 5) is 11.4. The molecular formula is C13H20BrN3O. The van der Waals surface area contributed by atoms with E-state index in [4.69, 9.17) is 4.74 Å². The highest BCUT2D eigenvalue weighted by molar-refractivity contribution is 9.09. The summed E-state index contributed by atoms with van der Waals surface area (Å²) >= 11 is 3.72. The number of alkyl halides is 1. The molecule has 4 nitrogen and oxygen atoms in total. The molecular weight excluding hydrogens is 294 g/mol. The van der Waals surface area contributed by atoms with Crippen molar-refractivity contribution < 1.29 is 4.74 Å². The van der Waals surface area contributed by atoms with Gasteiger partial charge in [0.25, 0.3) is 0 Å². The van der Waals surface area contributed by atoms with E-state index in [1.165, 1.54) is 0 Å². The number of piperidine rings is 1. The van der Waals surface area contributed by atoms with Gasteiger partial charge in [0.1, 0.15) is 12.1 Å². The number of ether oxygens (including phenoxy) is 1. The van der Waals surface area contributed by atoms with Gasteiger partial charge in [-0.3, -0.25) is 0 Å². The Kier molecular flexibility index (Phi) is 4.80. The first-order chi connectivity index (χ1) is 8.70. The van der Waals surface area contributed by atoms with Crippen molar-refractivity contribution >= 4 is 21.7 Å². The predicted molar refractivity (Wildman–Crippen MR) is 76.5 cm³/mol. The summed E-state index contributed by atoms with van der Waals surface area (Å²) in [5, 5.41) is 0. The molecule has 5 heteroatoms. The maximum absolute atomic E-state index is 5.55. The number of hydrogen-bond donors (Lipinski definition) is 0. The van der Waals surface area contributed by atoms with E-state index in [-0.39, 0.29) is 0 Å². The molecule has 1 aliphatic heterocycles. The van der Waals surface area contributed by atoms with Crippen LogP contribution in [0.2, 0.25) is 0 Å². The van der Waals surface area contributed by atoms with Gasteiger partial charge in [0.2, 0.25) is 5.88 Å². The SMILES string of the molecule is CCCOc1cc(N2CCC(Br)C(C)C2)ncn1. The molecule has 1 aromatic heterocycles. The number of rotatable bonds is 4. The molecule has 0 N–H and O–H groups in total. The van der Waals surface area contributed by atoms with Crippen molar-refractivity contribution in [1.82, 2.24) is 9.97 Å². The molecule has 2 atom stereocenters. The highest BCUT2D eigenvalue weighted by atomic mass is 79.9. The van der Waals surface area contributed by atoms with Crippen LogP contribution in [0.5, 0.6) is 5.88 Å². The third-order valence-corrected chi connectivity index (χ3v) is 4.57. The standard InChI is InChI=1S/C13H20BrN3O/c1-3-6-18-13-7-12(15-9-16-13)17-5-4-11(14)10(2)8-17/h7,9-11H,3-6,8H2,1-2H3. The topological polar surface area (TPSA) is 38.2 Å². The Bertz CT molecular complexity index is 388. The Morgan fingerprint density at radius 3 is 3.06 bits per heavy atom. The lowest BCUT2D eigenvalue weighted by Crippen LogP contribution is -2.40. The molecule has 1 fully saturated rings. The van der Waals surface area contributed by atoms with E-state index in [0.29, 0.717) is 23.2 Å². The van der Waals surface area contributed by atoms with E-state index < -0.39 is 0 Å². The number of nitrogens with zero attached hydrogens (tertiary/aromatic N) is 3. The smallest absolute Gasteiger partial charge is 0.218 e. The van der Waals surface area contributed by atoms with Crippen LogP contribution in [0.3, 0.4) is 0 Å². The largest absolute Gasteiger partial charge is 0.478 e. The quantitative estimate of drug-likeness (QED) is 0.801. The maximum atomic E-state index is 5.55. The molecule has 0 spiro atoms. The van der Waals surface area contributed by atoms with Gasteiger partial charge in [0, 0.05) is 24.0 Å². The van der Waals surface area contributed by atoms with Crippen LogP contribution in [0.25, 0.3) is 0 Å². The summed E-state index contributed by atoms with van der Waals surface area (Å²) < 4.78 is 5.55. The second-order valence-electron chi connectivity index (χ2n) is 4.79. The lowest BCUT2D eigenvalue weighted by Gasteiger charge is -2.35. The lowest BCUT2D eigenvalue weighted by atomic mass is 10.0. The third-order valence-electron chi connectivity index (χ3n) is 3.21. The summed E-state index contributed by atoms with van der Waals surface area (Å²) in [6.45, 7) is 7.12. The van der Waals surface area contributed by atoms with Crippen LogP contribution < -0.4 is 9.64 Å². The van der Waals surface area contributed by atoms with Crippen molar-refractivity contribution in [3.05, 3.63) is 12.4 Å². The Labute approximate surface area is 117 Å². The molecule has 0 aromatic carbocycles. The first kappa shape index (κ1) is 13.6. The van der Waals surface area contributed by atoms with Gasteiger partial charge in [-0.05, 0) is 18.8 Å². The fraction of sp³-hybridized carbons (Fsp3) is 0.692. The van der Waals surface area contributed by atoms with Gasteiger partial charge in [-0.2, -0.15) is 0 Å². The van der Waals surface area contributed by atoms with Gasteiger partial charge < -0.3 is 9.64 Å². The van der Waals surface area contributed by atoms with Crippen molar-refractivity contribution in [1.29, 1.82) is 0 Å². The fourth-order valence-corrected chi connectivity index (χ4v) is 2.49. The molecule has 0 radical (unpaired) electrons. The lowest BCUT2D eigenvalue weighted by molar-refractivity contribution is 0.304. The second-order valence-corrected chi connectivity index (χ2v) is 5.97. The molecule has 0 bridgehead atoms. The van der Waals surface area contributed by atoms with Crippen molar-refractivity contribution in [2.45, 2.75) is 31.5 Å². The fourth-order valence-electron chi connectivity index (χ4n) is 2.11. The number of aromatic nitrogens is 2. The number of anilines is 1. The van der Waals surface area contributed by atoms with E-state index in [1.54, 1.807) is 6.33 Å². The molecule has 18 heavy (non-hydrogen) atoms. The molecule has 100 valence electrons. The maximum Gasteiger partial charge on any atom is 0.218 e. The van der Waals surface area contributed by atoms with Gasteiger partial charge in [0.15, 0.2) is 0 Å². The Morgan fingerprint density at radius 1 is 1.50 bits per heavy atom. The average Bonchev–Trinajstić information content (AvgIpc) is 2.40. The van der Waals surface area contributed by atoms with Crippen LogP contribution in [0.15, 0.2) is 12.4 Å². The van der Waals surface area contributed by atoms with E-state index >= 15 is 0 Å². The predicted octanol–water partition coefficient (Wildman–Crippen LogP) is 2.88. The zero-order valence-electron chi connectivity index (χ0n) is 11.0. The van der Waals surface area contributed by atoms with Gasteiger partial charge in [-0.1, -0.05) is 29.8 Å². The van der Waals surface area contributed by atoms with E-state index in [2.05, 4.69) is 44.6 Å². The van der Waals surface area contributed by atoms with Gasteiger partial charge in [-0.15, -0.1) is 0 Å². The monoisotopic (exact) mass is 313 g/mol. The first-order valence-corrected chi connectivity index (χ1v) is 7.46. The average molecular weight is 314 g/mol.